The van der Waals surface area contributed by atoms with Gasteiger partial charge in [-0.1, -0.05) is 41.9 Å². The molecule has 0 aliphatic carbocycles. The number of non-ortho nitro benzene ring substituents is 1. The number of benzene rings is 2. The van der Waals surface area contributed by atoms with Crippen LogP contribution in [-0.4, -0.2) is 47.9 Å². The Kier molecular flexibility index (Phi) is 7.83. The number of amides is 1. The zero-order valence-corrected chi connectivity index (χ0v) is 18.4. The van der Waals surface area contributed by atoms with E-state index in [1.54, 1.807) is 6.92 Å². The van der Waals surface area contributed by atoms with E-state index >= 15 is 0 Å². The zero-order chi connectivity index (χ0) is 23.1. The second-order valence-corrected chi connectivity index (χ2v) is 7.65. The van der Waals surface area contributed by atoms with Crippen molar-refractivity contribution in [1.82, 2.24) is 10.2 Å². The van der Waals surface area contributed by atoms with Gasteiger partial charge in [-0.3, -0.25) is 14.9 Å². The Bertz CT molecular complexity index is 1040. The number of nitro benzene ring substituents is 1. The molecule has 2 aromatic carbocycles. The average Bonchev–Trinajstić information content (AvgIpc) is 2.79. The summed E-state index contributed by atoms with van der Waals surface area (Å²) in [7, 11) is 0. The number of hydrogen-bond donors (Lipinski definition) is 1. The minimum atomic E-state index is -0.573. The summed E-state index contributed by atoms with van der Waals surface area (Å²) in [5.74, 6) is -0.864. The van der Waals surface area contributed by atoms with Crippen LogP contribution >= 0.6 is 11.6 Å². The first-order valence-corrected chi connectivity index (χ1v) is 10.7. The van der Waals surface area contributed by atoms with E-state index in [4.69, 9.17) is 16.3 Å². The van der Waals surface area contributed by atoms with Gasteiger partial charge in [-0.05, 0) is 25.0 Å². The maximum atomic E-state index is 13.0. The lowest BCUT2D eigenvalue weighted by atomic mass is 10.0. The quantitative estimate of drug-likeness (QED) is 0.368. The molecule has 0 unspecified atom stereocenters. The molecule has 0 bridgehead atoms. The van der Waals surface area contributed by atoms with E-state index in [9.17, 15) is 19.7 Å². The van der Waals surface area contributed by atoms with E-state index in [0.29, 0.717) is 25.1 Å². The van der Waals surface area contributed by atoms with Crippen molar-refractivity contribution >= 4 is 29.2 Å². The number of ether oxygens (including phenoxy) is 1. The molecule has 8 nitrogen and oxygen atoms in total. The molecule has 0 saturated heterocycles. The number of rotatable bonds is 8. The second-order valence-electron chi connectivity index (χ2n) is 7.24. The highest BCUT2D eigenvalue weighted by molar-refractivity contribution is 6.34. The molecule has 0 radical (unpaired) electrons. The number of carbonyl (C=O) groups excluding carboxylic acids is 2. The van der Waals surface area contributed by atoms with Crippen LogP contribution in [0.15, 0.2) is 59.8 Å². The maximum Gasteiger partial charge on any atom is 0.337 e. The van der Waals surface area contributed by atoms with Crippen LogP contribution in [0.5, 0.6) is 0 Å². The molecule has 0 aromatic heterocycles. The molecular weight excluding hydrogens is 434 g/mol. The smallest absolute Gasteiger partial charge is 0.337 e. The summed E-state index contributed by atoms with van der Waals surface area (Å²) in [4.78, 5) is 37.4. The van der Waals surface area contributed by atoms with Gasteiger partial charge in [0.05, 0.1) is 34.2 Å². The van der Waals surface area contributed by atoms with E-state index in [2.05, 4.69) is 5.32 Å². The monoisotopic (exact) mass is 457 g/mol. The van der Waals surface area contributed by atoms with Crippen molar-refractivity contribution in [1.29, 1.82) is 0 Å². The van der Waals surface area contributed by atoms with Crippen molar-refractivity contribution in [2.24, 2.45) is 0 Å². The Morgan fingerprint density at radius 1 is 1.22 bits per heavy atom. The van der Waals surface area contributed by atoms with Gasteiger partial charge in [-0.15, -0.1) is 0 Å². The van der Waals surface area contributed by atoms with Crippen molar-refractivity contribution < 1.29 is 19.2 Å². The van der Waals surface area contributed by atoms with Gasteiger partial charge >= 0.3 is 5.97 Å². The molecule has 1 heterocycles. The van der Waals surface area contributed by atoms with Crippen molar-refractivity contribution in [3.63, 3.8) is 0 Å². The molecule has 2 aromatic rings. The van der Waals surface area contributed by atoms with Gasteiger partial charge in [0.2, 0.25) is 0 Å². The SMILES string of the molecule is CCOC(=O)C1=C(NCCc2ccccc2)CCN(C(=O)c2ccc([N+](=O)[O-])cc2Cl)C1. The number of nitrogens with one attached hydrogen (secondary N) is 1. The van der Waals surface area contributed by atoms with E-state index in [1.165, 1.54) is 22.6 Å². The van der Waals surface area contributed by atoms with Crippen LogP contribution in [0.4, 0.5) is 5.69 Å². The Balaban J connectivity index is 1.75. The first kappa shape index (κ1) is 23.3. The summed E-state index contributed by atoms with van der Waals surface area (Å²) >= 11 is 6.12. The molecule has 3 rings (SSSR count). The highest BCUT2D eigenvalue weighted by atomic mass is 35.5. The number of hydrogen-bond acceptors (Lipinski definition) is 6. The van der Waals surface area contributed by atoms with Crippen LogP contribution in [0.25, 0.3) is 0 Å². The van der Waals surface area contributed by atoms with Crippen molar-refractivity contribution in [2.75, 3.05) is 26.2 Å². The van der Waals surface area contributed by atoms with Gasteiger partial charge < -0.3 is 15.0 Å². The molecule has 1 aliphatic heterocycles. The van der Waals surface area contributed by atoms with E-state index < -0.39 is 16.8 Å². The molecule has 1 amide bonds. The van der Waals surface area contributed by atoms with Gasteiger partial charge in [0.15, 0.2) is 0 Å². The Morgan fingerprint density at radius 2 is 1.97 bits per heavy atom. The van der Waals surface area contributed by atoms with Crippen molar-refractivity contribution in [3.05, 3.63) is 86.1 Å². The molecule has 9 heteroatoms. The number of esters is 1. The van der Waals surface area contributed by atoms with Gasteiger partial charge in [-0.2, -0.15) is 0 Å². The topological polar surface area (TPSA) is 102 Å². The number of carbonyl (C=O) groups is 2. The van der Waals surface area contributed by atoms with Crippen molar-refractivity contribution in [2.45, 2.75) is 19.8 Å². The molecule has 0 atom stereocenters. The number of nitrogens with zero attached hydrogens (tertiary/aromatic N) is 2. The van der Waals surface area contributed by atoms with Crippen LogP contribution in [0.3, 0.4) is 0 Å². The summed E-state index contributed by atoms with van der Waals surface area (Å²) in [5.41, 5.74) is 2.30. The zero-order valence-electron chi connectivity index (χ0n) is 17.7. The molecule has 0 fully saturated rings. The van der Waals surface area contributed by atoms with Gasteiger partial charge in [0.1, 0.15) is 0 Å². The molecule has 32 heavy (non-hydrogen) atoms. The van der Waals surface area contributed by atoms with Crippen LogP contribution in [0.1, 0.15) is 29.3 Å². The minimum Gasteiger partial charge on any atom is -0.463 e. The lowest BCUT2D eigenvalue weighted by molar-refractivity contribution is -0.384. The molecule has 1 N–H and O–H groups in total. The summed E-state index contributed by atoms with van der Waals surface area (Å²) in [6.45, 7) is 3.04. The van der Waals surface area contributed by atoms with E-state index in [-0.39, 0.29) is 29.4 Å². The molecule has 1 aliphatic rings. The Labute approximate surface area is 191 Å². The lowest BCUT2D eigenvalue weighted by Gasteiger charge is -2.31. The third-order valence-electron chi connectivity index (χ3n) is 5.14. The Morgan fingerprint density at radius 3 is 2.62 bits per heavy atom. The standard InChI is InChI=1S/C23H24ClN3O5/c1-2-32-23(29)19-15-26(22(28)18-9-8-17(27(30)31)14-20(18)24)13-11-21(19)25-12-10-16-6-4-3-5-7-16/h3-9,14,25H,2,10-13,15H2,1H3. The normalized spacial score (nSPS) is 13.6. The fraction of sp³-hybridized carbons (Fsp3) is 0.304. The molecular formula is C23H24ClN3O5. The van der Waals surface area contributed by atoms with Gasteiger partial charge in [-0.25, -0.2) is 4.79 Å². The third-order valence-corrected chi connectivity index (χ3v) is 5.46. The average molecular weight is 458 g/mol. The minimum absolute atomic E-state index is 0.00218. The first-order valence-electron chi connectivity index (χ1n) is 10.3. The molecule has 0 saturated carbocycles. The van der Waals surface area contributed by atoms with Crippen LogP contribution in [0.2, 0.25) is 5.02 Å². The summed E-state index contributed by atoms with van der Waals surface area (Å²) < 4.78 is 5.20. The van der Waals surface area contributed by atoms with Crippen LogP contribution in [0, 0.1) is 10.1 Å². The predicted molar refractivity (Wildman–Crippen MR) is 120 cm³/mol. The fourth-order valence-electron chi connectivity index (χ4n) is 3.50. The summed E-state index contributed by atoms with van der Waals surface area (Å²) in [6, 6.07) is 13.7. The first-order chi connectivity index (χ1) is 15.4. The number of halogens is 1. The molecule has 0 spiro atoms. The van der Waals surface area contributed by atoms with E-state index in [0.717, 1.165) is 18.2 Å². The maximum absolute atomic E-state index is 13.0. The largest absolute Gasteiger partial charge is 0.463 e. The lowest BCUT2D eigenvalue weighted by Crippen LogP contribution is -2.41. The van der Waals surface area contributed by atoms with Crippen molar-refractivity contribution in [3.8, 4) is 0 Å². The van der Waals surface area contributed by atoms with E-state index in [1.807, 2.05) is 30.3 Å². The summed E-state index contributed by atoms with van der Waals surface area (Å²) in [5, 5.41) is 14.2. The Hall–Kier alpha value is -3.39. The highest BCUT2D eigenvalue weighted by Gasteiger charge is 2.29. The third kappa shape index (κ3) is 5.64. The van der Waals surface area contributed by atoms with Crippen LogP contribution < -0.4 is 5.32 Å². The number of nitro groups is 1. The van der Waals surface area contributed by atoms with Crippen LogP contribution in [-0.2, 0) is 16.0 Å². The summed E-state index contributed by atoms with van der Waals surface area (Å²) in [6.07, 6.45) is 1.25. The van der Waals surface area contributed by atoms with Gasteiger partial charge in [0.25, 0.3) is 11.6 Å². The highest BCUT2D eigenvalue weighted by Crippen LogP contribution is 2.26. The predicted octanol–water partition coefficient (Wildman–Crippen LogP) is 3.74. The second kappa shape index (κ2) is 10.8. The molecule has 168 valence electrons. The fourth-order valence-corrected chi connectivity index (χ4v) is 3.76. The van der Waals surface area contributed by atoms with Gasteiger partial charge in [0, 0.05) is 37.3 Å².